The monoisotopic (exact) mass is 766 g/mol. The van der Waals surface area contributed by atoms with Gasteiger partial charge < -0.3 is 9.47 Å². The molecule has 0 aliphatic heterocycles. The van der Waals surface area contributed by atoms with Crippen molar-refractivity contribution in [3.8, 4) is 27.9 Å². The van der Waals surface area contributed by atoms with Crippen LogP contribution in [-0.2, 0) is 10.8 Å². The van der Waals surface area contributed by atoms with E-state index in [2.05, 4.69) is 242 Å². The highest BCUT2D eigenvalue weighted by Gasteiger charge is 2.53. The number of hydrogen-bond donors (Lipinski definition) is 0. The zero-order valence-electron chi connectivity index (χ0n) is 33.7. The van der Waals surface area contributed by atoms with Gasteiger partial charge >= 0.3 is 0 Å². The number of hydrogen-bond acceptors (Lipinski definition) is 1. The van der Waals surface area contributed by atoms with Crippen LogP contribution in [0.3, 0.4) is 0 Å². The van der Waals surface area contributed by atoms with Crippen molar-refractivity contribution in [2.45, 2.75) is 24.7 Å². The van der Waals surface area contributed by atoms with Crippen LogP contribution in [0.2, 0.25) is 0 Å². The lowest BCUT2D eigenvalue weighted by Crippen LogP contribution is -2.40. The van der Waals surface area contributed by atoms with Crippen LogP contribution in [0, 0.1) is 0 Å². The molecule has 2 aliphatic carbocycles. The summed E-state index contributed by atoms with van der Waals surface area (Å²) in [7, 11) is 0. The molecule has 0 unspecified atom stereocenters. The van der Waals surface area contributed by atoms with Crippen LogP contribution in [0.5, 0.6) is 0 Å². The lowest BCUT2D eigenvalue weighted by atomic mass is 9.55. The van der Waals surface area contributed by atoms with E-state index in [4.69, 9.17) is 0 Å². The molecule has 0 saturated heterocycles. The number of anilines is 3. The molecule has 0 radical (unpaired) electrons. The van der Waals surface area contributed by atoms with Gasteiger partial charge in [-0.15, -0.1) is 0 Å². The SMILES string of the molecule is CC1(C)c2ccccc2C2(c3ccccc3-c3ccc(N(c4ccc5c6ccccc6n(-c6ccccc6)c5c4)c4ccccc4-c4ccccc4)cc32)c2ccccc21. The molecule has 1 aromatic heterocycles. The van der Waals surface area contributed by atoms with Crippen molar-refractivity contribution in [3.63, 3.8) is 0 Å². The van der Waals surface area contributed by atoms with Crippen molar-refractivity contribution >= 4 is 38.9 Å². The molecule has 0 N–H and O–H groups in total. The summed E-state index contributed by atoms with van der Waals surface area (Å²) in [5.41, 5.74) is 19.3. The van der Waals surface area contributed by atoms with E-state index >= 15 is 0 Å². The minimum Gasteiger partial charge on any atom is -0.310 e. The molecule has 0 bridgehead atoms. The molecule has 1 spiro atoms. The van der Waals surface area contributed by atoms with Crippen molar-refractivity contribution in [1.29, 1.82) is 0 Å². The lowest BCUT2D eigenvalue weighted by Gasteiger charge is -2.46. The van der Waals surface area contributed by atoms with E-state index < -0.39 is 5.41 Å². The Morgan fingerprint density at radius 2 is 0.883 bits per heavy atom. The van der Waals surface area contributed by atoms with Gasteiger partial charge in [0.1, 0.15) is 0 Å². The Balaban J connectivity index is 1.17. The van der Waals surface area contributed by atoms with Gasteiger partial charge in [-0.25, -0.2) is 0 Å². The van der Waals surface area contributed by atoms with Crippen molar-refractivity contribution in [1.82, 2.24) is 4.57 Å². The molecule has 9 aromatic carbocycles. The van der Waals surface area contributed by atoms with Crippen LogP contribution in [0.1, 0.15) is 47.2 Å². The Hall–Kier alpha value is -7.42. The Morgan fingerprint density at radius 1 is 0.367 bits per heavy atom. The van der Waals surface area contributed by atoms with E-state index in [0.29, 0.717) is 0 Å². The number of aromatic nitrogens is 1. The fourth-order valence-corrected chi connectivity index (χ4v) is 10.9. The Bertz CT molecular complexity index is 3250. The summed E-state index contributed by atoms with van der Waals surface area (Å²) in [6.07, 6.45) is 0. The third kappa shape index (κ3) is 4.76. The Morgan fingerprint density at radius 3 is 1.62 bits per heavy atom. The van der Waals surface area contributed by atoms with Crippen molar-refractivity contribution in [2.24, 2.45) is 0 Å². The maximum Gasteiger partial charge on any atom is 0.0720 e. The maximum atomic E-state index is 2.51. The van der Waals surface area contributed by atoms with Gasteiger partial charge in [0.15, 0.2) is 0 Å². The maximum absolute atomic E-state index is 2.51. The van der Waals surface area contributed by atoms with Crippen LogP contribution in [0.15, 0.2) is 218 Å². The minimum absolute atomic E-state index is 0.166. The molecule has 0 fully saturated rings. The Kier molecular flexibility index (Phi) is 7.52. The average Bonchev–Trinajstić information content (AvgIpc) is 3.79. The molecule has 284 valence electrons. The van der Waals surface area contributed by atoms with Crippen LogP contribution in [-0.4, -0.2) is 4.57 Å². The summed E-state index contributed by atoms with van der Waals surface area (Å²) in [5, 5.41) is 2.48. The van der Waals surface area contributed by atoms with Gasteiger partial charge in [0.2, 0.25) is 0 Å². The van der Waals surface area contributed by atoms with Crippen molar-refractivity contribution < 1.29 is 0 Å². The van der Waals surface area contributed by atoms with Gasteiger partial charge in [0, 0.05) is 38.8 Å². The third-order valence-electron chi connectivity index (χ3n) is 13.5. The van der Waals surface area contributed by atoms with E-state index in [1.807, 2.05) is 0 Å². The molecule has 2 aliphatic rings. The molecular weight excluding hydrogens is 725 g/mol. The highest BCUT2D eigenvalue weighted by molar-refractivity contribution is 6.10. The largest absolute Gasteiger partial charge is 0.310 e. The Labute approximate surface area is 351 Å². The summed E-state index contributed by atoms with van der Waals surface area (Å²) in [5.74, 6) is 0. The first-order chi connectivity index (χ1) is 29.5. The summed E-state index contributed by atoms with van der Waals surface area (Å²) in [6, 6.07) is 81.1. The molecule has 0 amide bonds. The average molecular weight is 767 g/mol. The predicted octanol–water partition coefficient (Wildman–Crippen LogP) is 14.9. The van der Waals surface area contributed by atoms with Crippen LogP contribution in [0.4, 0.5) is 17.1 Å². The predicted molar refractivity (Wildman–Crippen MR) is 250 cm³/mol. The van der Waals surface area contributed by atoms with E-state index in [9.17, 15) is 0 Å². The van der Waals surface area contributed by atoms with Gasteiger partial charge in [-0.2, -0.15) is 0 Å². The van der Waals surface area contributed by atoms with Crippen LogP contribution >= 0.6 is 0 Å². The van der Waals surface area contributed by atoms with E-state index in [1.165, 1.54) is 77.4 Å². The minimum atomic E-state index is -0.501. The van der Waals surface area contributed by atoms with Gasteiger partial charge in [-0.3, -0.25) is 0 Å². The standard InChI is InChI=1S/C58H42N2/c1-57(2)49-27-13-15-29-51(49)58(52-30-16-14-28-50(52)57)48-26-12-9-24-44(48)45-35-33-41(37-53(45)58)59(54-31-17-10-23-43(54)39-19-5-3-6-20-39)42-34-36-47-46-25-11-18-32-55(46)60(56(47)38-42)40-21-7-4-8-22-40/h3-38H,1-2H3. The summed E-state index contributed by atoms with van der Waals surface area (Å²) in [6.45, 7) is 4.78. The molecule has 2 heteroatoms. The first kappa shape index (κ1) is 34.6. The normalized spacial score (nSPS) is 14.1. The molecule has 60 heavy (non-hydrogen) atoms. The molecule has 12 rings (SSSR count). The summed E-state index contributed by atoms with van der Waals surface area (Å²) < 4.78 is 2.42. The third-order valence-corrected chi connectivity index (χ3v) is 13.5. The molecule has 0 atom stereocenters. The first-order valence-corrected chi connectivity index (χ1v) is 21.0. The van der Waals surface area contributed by atoms with E-state index in [0.717, 1.165) is 22.7 Å². The van der Waals surface area contributed by atoms with E-state index in [1.54, 1.807) is 0 Å². The van der Waals surface area contributed by atoms with Crippen molar-refractivity contribution in [2.75, 3.05) is 4.90 Å². The number of rotatable bonds is 5. The van der Waals surface area contributed by atoms with Gasteiger partial charge in [0.05, 0.1) is 22.1 Å². The highest BCUT2D eigenvalue weighted by atomic mass is 15.1. The highest BCUT2D eigenvalue weighted by Crippen LogP contribution is 2.62. The fourth-order valence-electron chi connectivity index (χ4n) is 10.9. The topological polar surface area (TPSA) is 8.17 Å². The second kappa shape index (κ2) is 13.0. The molecule has 10 aromatic rings. The van der Waals surface area contributed by atoms with Crippen molar-refractivity contribution in [3.05, 3.63) is 252 Å². The summed E-state index contributed by atoms with van der Waals surface area (Å²) >= 11 is 0. The second-order valence-electron chi connectivity index (χ2n) is 16.8. The number of benzene rings is 9. The zero-order valence-corrected chi connectivity index (χ0v) is 33.7. The smallest absolute Gasteiger partial charge is 0.0720 e. The fraction of sp³-hybridized carbons (Fsp3) is 0.0690. The molecule has 2 nitrogen and oxygen atoms in total. The van der Waals surface area contributed by atoms with Crippen LogP contribution < -0.4 is 4.90 Å². The lowest BCUT2D eigenvalue weighted by molar-refractivity contribution is 0.563. The molecule has 1 heterocycles. The second-order valence-corrected chi connectivity index (χ2v) is 16.8. The summed E-state index contributed by atoms with van der Waals surface area (Å²) in [4.78, 5) is 2.50. The first-order valence-electron chi connectivity index (χ1n) is 21.0. The van der Waals surface area contributed by atoms with Gasteiger partial charge in [-0.05, 0) is 98.6 Å². The quantitative estimate of drug-likeness (QED) is 0.169. The van der Waals surface area contributed by atoms with E-state index in [-0.39, 0.29) is 5.41 Å². The molecular formula is C58H42N2. The van der Waals surface area contributed by atoms with Gasteiger partial charge in [0.25, 0.3) is 0 Å². The number of nitrogens with zero attached hydrogens (tertiary/aromatic N) is 2. The number of fused-ring (bicyclic) bond motifs is 12. The van der Waals surface area contributed by atoms with Crippen LogP contribution in [0.25, 0.3) is 49.7 Å². The van der Waals surface area contributed by atoms with Gasteiger partial charge in [-0.1, -0.05) is 184 Å². The molecule has 0 saturated carbocycles. The zero-order chi connectivity index (χ0) is 40.0. The number of para-hydroxylation sites is 3.